The first-order chi connectivity index (χ1) is 25.1. The lowest BCUT2D eigenvalue weighted by molar-refractivity contribution is 0.00767. The second kappa shape index (κ2) is 29.3. The first-order valence-corrected chi connectivity index (χ1v) is 41.4. The van der Waals surface area contributed by atoms with Crippen molar-refractivity contribution in [2.24, 2.45) is 0 Å². The van der Waals surface area contributed by atoms with E-state index in [4.69, 9.17) is 35.8 Å². The van der Waals surface area contributed by atoms with E-state index in [1.807, 2.05) is 6.92 Å². The van der Waals surface area contributed by atoms with Crippen LogP contribution in [0.3, 0.4) is 0 Å². The lowest BCUT2D eigenvalue weighted by Gasteiger charge is -2.45. The van der Waals surface area contributed by atoms with Crippen LogP contribution in [0.25, 0.3) is 0 Å². The molecule has 9 nitrogen and oxygen atoms in total. The molecule has 3 unspecified atom stereocenters. The van der Waals surface area contributed by atoms with Gasteiger partial charge < -0.3 is 40.2 Å². The normalized spacial score (nSPS) is 16.3. The highest BCUT2D eigenvalue weighted by atomic mass is 28.5. The second-order valence-electron chi connectivity index (χ2n) is 18.8. The fourth-order valence-electron chi connectivity index (χ4n) is 7.13. The van der Waals surface area contributed by atoms with E-state index in [0.717, 1.165) is 43.4 Å². The third-order valence-corrected chi connectivity index (χ3v) is 35.8. The average molecular weight is 888 g/mol. The summed E-state index contributed by atoms with van der Waals surface area (Å²) in [6, 6.07) is 4.71. The van der Waals surface area contributed by atoms with Crippen LogP contribution in [-0.2, 0) is 35.1 Å². The highest BCUT2D eigenvalue weighted by molar-refractivity contribution is 6.92. The number of rotatable bonds is 38. The maximum Gasteiger partial charge on any atom is 0.317 e. The fourth-order valence-corrected chi connectivity index (χ4v) is 38.2. The summed E-state index contributed by atoms with van der Waals surface area (Å²) in [7, 11) is -15.3. The molecule has 16 heteroatoms. The van der Waals surface area contributed by atoms with E-state index in [0.29, 0.717) is 45.3 Å². The molecule has 1 N–H and O–H groups in total. The second-order valence-corrected chi connectivity index (χ2v) is 46.9. The van der Waals surface area contributed by atoms with Crippen molar-refractivity contribution >= 4 is 59.1 Å². The number of aliphatic hydroxyl groups excluding tert-OH is 1. The van der Waals surface area contributed by atoms with Gasteiger partial charge in [-0.2, -0.15) is 0 Å². The molecule has 0 bridgehead atoms. The minimum atomic E-state index is -2.84. The smallest absolute Gasteiger partial charge is 0.317 e. The Labute approximate surface area is 342 Å². The van der Waals surface area contributed by atoms with Crippen LogP contribution in [0.15, 0.2) is 0 Å². The van der Waals surface area contributed by atoms with E-state index in [-0.39, 0.29) is 6.61 Å². The van der Waals surface area contributed by atoms with Crippen molar-refractivity contribution in [1.82, 2.24) is 0 Å². The quantitative estimate of drug-likeness (QED) is 0.0480. The minimum absolute atomic E-state index is 0.0243. The Morgan fingerprint density at radius 2 is 0.889 bits per heavy atom. The molecular weight excluding hydrogens is 797 g/mol. The van der Waals surface area contributed by atoms with Gasteiger partial charge in [0, 0.05) is 20.3 Å². The molecule has 3 atom stereocenters. The van der Waals surface area contributed by atoms with E-state index in [2.05, 4.69) is 78.9 Å². The van der Waals surface area contributed by atoms with Crippen LogP contribution in [0.4, 0.5) is 0 Å². The zero-order valence-corrected chi connectivity index (χ0v) is 44.9. The molecule has 0 saturated heterocycles. The molecule has 0 rings (SSSR count). The van der Waals surface area contributed by atoms with Crippen molar-refractivity contribution in [2.75, 3.05) is 46.2 Å². The maximum atomic E-state index is 12.9. The van der Waals surface area contributed by atoms with Gasteiger partial charge in [-0.1, -0.05) is 110 Å². The summed E-state index contributed by atoms with van der Waals surface area (Å²) in [5.74, 6) is 0. The highest BCUT2D eigenvalue weighted by Gasteiger charge is 2.50. The third-order valence-electron chi connectivity index (χ3n) is 9.34. The summed E-state index contributed by atoms with van der Waals surface area (Å²) in [4.78, 5) is 0. The molecule has 0 aliphatic heterocycles. The summed E-state index contributed by atoms with van der Waals surface area (Å²) >= 11 is 0. The molecule has 0 aliphatic rings. The Bertz CT molecular complexity index is 955. The van der Waals surface area contributed by atoms with Gasteiger partial charge in [0.2, 0.25) is 0 Å². The van der Waals surface area contributed by atoms with Gasteiger partial charge in [0.25, 0.3) is 8.68 Å². The van der Waals surface area contributed by atoms with Crippen LogP contribution in [0.1, 0.15) is 90.9 Å². The van der Waals surface area contributed by atoms with Crippen LogP contribution in [0.2, 0.25) is 108 Å². The Hall–Kier alpha value is 0.998. The lowest BCUT2D eigenvalue weighted by Crippen LogP contribution is -2.61. The number of unbranched alkanes of at least 4 members (excludes halogenated alkanes) is 9. The van der Waals surface area contributed by atoms with E-state index < -0.39 is 59.1 Å². The van der Waals surface area contributed by atoms with Crippen molar-refractivity contribution in [2.45, 2.75) is 199 Å². The first-order valence-electron chi connectivity index (χ1n) is 21.8. The van der Waals surface area contributed by atoms with Crippen molar-refractivity contribution in [1.29, 1.82) is 0 Å². The Kier molecular flexibility index (Phi) is 29.8. The summed E-state index contributed by atoms with van der Waals surface area (Å²) < 4.78 is 59.2. The zero-order valence-electron chi connectivity index (χ0n) is 37.9. The standard InChI is InChI=1S/C38H90O9Si7/c1-14-16-17-18-19-20-21-22-23-24-35-52(11,44-50(6,7)8)46-54(13,36-25-28-41-30-32-43-33-31-42-29-27-39)47-53(12,37-26-34-49(3,4)5)45-51(9,10)38-48(40)15-2/h39H,14-38H2,1-13H3. The van der Waals surface area contributed by atoms with Crippen molar-refractivity contribution in [3.8, 4) is 0 Å². The van der Waals surface area contributed by atoms with Gasteiger partial charge in [0.1, 0.15) is 0 Å². The molecule has 0 aromatic heterocycles. The topological polar surface area (TPSA) is 102 Å². The zero-order chi connectivity index (χ0) is 41.2. The van der Waals surface area contributed by atoms with E-state index in [1.54, 1.807) is 0 Å². The van der Waals surface area contributed by atoms with Gasteiger partial charge in [-0.3, -0.25) is 0 Å². The van der Waals surface area contributed by atoms with Crippen LogP contribution in [-0.4, -0.2) is 110 Å². The van der Waals surface area contributed by atoms with Gasteiger partial charge >= 0.3 is 25.7 Å². The first kappa shape index (κ1) is 55.0. The van der Waals surface area contributed by atoms with Crippen LogP contribution in [0.5, 0.6) is 0 Å². The maximum absolute atomic E-state index is 12.9. The molecule has 0 aromatic carbocycles. The molecule has 0 aromatic rings. The van der Waals surface area contributed by atoms with E-state index in [9.17, 15) is 4.46 Å². The molecule has 0 spiro atoms. The Morgan fingerprint density at radius 3 is 1.37 bits per heavy atom. The molecule has 324 valence electrons. The molecule has 0 heterocycles. The Balaban J connectivity index is 6.06. The molecule has 0 aliphatic carbocycles. The van der Waals surface area contributed by atoms with Gasteiger partial charge in [0.05, 0.1) is 39.6 Å². The Morgan fingerprint density at radius 1 is 0.463 bits per heavy atom. The SMILES string of the molecule is CCCCCCCCCCCC[Si](C)(O[Si](C)(C)C)O[Si](C)(CCCOCCOCCOCCO)O[Si](C)(CCC[Si](C)(C)C)O[Si](C)(C)C[Si](=O)CC. The predicted molar refractivity (Wildman–Crippen MR) is 245 cm³/mol. The highest BCUT2D eigenvalue weighted by Crippen LogP contribution is 2.35. The summed E-state index contributed by atoms with van der Waals surface area (Å²) in [6.45, 7) is 32.8. The predicted octanol–water partition coefficient (Wildman–Crippen LogP) is 11.4. The van der Waals surface area contributed by atoms with Gasteiger partial charge in [-0.25, -0.2) is 0 Å². The van der Waals surface area contributed by atoms with Gasteiger partial charge in [0.15, 0.2) is 16.6 Å². The summed E-state index contributed by atoms with van der Waals surface area (Å²) in [6.07, 6.45) is 15.0. The molecular formula is C38H90O9Si7. The van der Waals surface area contributed by atoms with E-state index >= 15 is 0 Å². The van der Waals surface area contributed by atoms with Crippen LogP contribution < -0.4 is 0 Å². The lowest BCUT2D eigenvalue weighted by atomic mass is 10.1. The molecule has 0 fully saturated rings. The fraction of sp³-hybridized carbons (Fsp3) is 1.00. The molecule has 54 heavy (non-hydrogen) atoms. The molecule has 0 amide bonds. The average Bonchev–Trinajstić information content (AvgIpc) is 3.02. The number of ether oxygens (including phenoxy) is 3. The van der Waals surface area contributed by atoms with Crippen LogP contribution >= 0.6 is 0 Å². The minimum Gasteiger partial charge on any atom is -0.437 e. The van der Waals surface area contributed by atoms with E-state index in [1.165, 1.54) is 63.8 Å². The van der Waals surface area contributed by atoms with Crippen molar-refractivity contribution in [3.05, 3.63) is 0 Å². The largest absolute Gasteiger partial charge is 0.437 e. The van der Waals surface area contributed by atoms with Crippen LogP contribution in [0, 0.1) is 0 Å². The number of hydrogen-bond acceptors (Lipinski definition) is 9. The summed E-state index contributed by atoms with van der Waals surface area (Å²) in [5.41, 5.74) is 0.709. The third kappa shape index (κ3) is 31.9. The monoisotopic (exact) mass is 886 g/mol. The van der Waals surface area contributed by atoms with Crippen molar-refractivity contribution in [3.63, 3.8) is 0 Å². The van der Waals surface area contributed by atoms with Crippen molar-refractivity contribution < 1.29 is 40.2 Å². The number of hydrogen-bond donors (Lipinski definition) is 1. The van der Waals surface area contributed by atoms with Gasteiger partial charge in [-0.15, -0.1) is 0 Å². The molecule has 0 saturated carbocycles. The summed E-state index contributed by atoms with van der Waals surface area (Å²) in [5, 5.41) is 8.86. The van der Waals surface area contributed by atoms with Gasteiger partial charge in [-0.05, 0) is 83.0 Å². The molecule has 0 radical (unpaired) electrons. The number of aliphatic hydroxyl groups is 1.